The van der Waals surface area contributed by atoms with Crippen LogP contribution < -0.4 is 9.64 Å². The summed E-state index contributed by atoms with van der Waals surface area (Å²) in [5.41, 5.74) is 1.48. The van der Waals surface area contributed by atoms with Crippen LogP contribution in [0.1, 0.15) is 23.0 Å². The van der Waals surface area contributed by atoms with Gasteiger partial charge >= 0.3 is 0 Å². The predicted octanol–water partition coefficient (Wildman–Crippen LogP) is 4.85. The van der Waals surface area contributed by atoms with Gasteiger partial charge in [-0.05, 0) is 43.3 Å². The molecule has 2 heterocycles. The summed E-state index contributed by atoms with van der Waals surface area (Å²) in [5.74, 6) is 0.338. The number of rotatable bonds is 7. The van der Waals surface area contributed by atoms with Crippen LogP contribution in [0, 0.1) is 10.1 Å². The second-order valence-corrected chi connectivity index (χ2v) is 7.59. The molecule has 4 aromatic rings. The Kier molecular flexibility index (Phi) is 5.85. The quantitative estimate of drug-likeness (QED) is 0.305. The molecule has 2 aromatic heterocycles. The minimum absolute atomic E-state index is 0.144. The van der Waals surface area contributed by atoms with Crippen molar-refractivity contribution in [2.24, 2.45) is 0 Å². The molecule has 0 N–H and O–H groups in total. The van der Waals surface area contributed by atoms with E-state index in [1.54, 1.807) is 18.3 Å². The Morgan fingerprint density at radius 3 is 2.77 bits per heavy atom. The van der Waals surface area contributed by atoms with Gasteiger partial charge in [0.15, 0.2) is 5.13 Å². The van der Waals surface area contributed by atoms with Crippen LogP contribution in [0.4, 0.5) is 10.8 Å². The molecule has 0 atom stereocenters. The molecule has 0 fully saturated rings. The zero-order chi connectivity index (χ0) is 21.8. The van der Waals surface area contributed by atoms with Crippen LogP contribution >= 0.6 is 11.3 Å². The van der Waals surface area contributed by atoms with Gasteiger partial charge in [0.1, 0.15) is 5.75 Å². The molecule has 0 aliphatic heterocycles. The second kappa shape index (κ2) is 8.88. The molecule has 0 unspecified atom stereocenters. The Balaban J connectivity index is 1.75. The first-order chi connectivity index (χ1) is 15.0. The summed E-state index contributed by atoms with van der Waals surface area (Å²) >= 11 is 1.35. The first kappa shape index (κ1) is 20.4. The van der Waals surface area contributed by atoms with Crippen molar-refractivity contribution in [1.29, 1.82) is 0 Å². The van der Waals surface area contributed by atoms with Gasteiger partial charge in [0.25, 0.3) is 11.6 Å². The number of carbonyl (C=O) groups excluding carboxylic acids is 1. The lowest BCUT2D eigenvalue weighted by Crippen LogP contribution is -2.30. The van der Waals surface area contributed by atoms with Crippen molar-refractivity contribution in [2.75, 3.05) is 11.5 Å². The molecule has 1 amide bonds. The van der Waals surface area contributed by atoms with E-state index in [-0.39, 0.29) is 17.8 Å². The highest BCUT2D eigenvalue weighted by molar-refractivity contribution is 7.22. The number of aromatic nitrogens is 2. The molecule has 156 valence electrons. The Morgan fingerprint density at radius 1 is 1.16 bits per heavy atom. The van der Waals surface area contributed by atoms with E-state index in [1.807, 2.05) is 37.3 Å². The van der Waals surface area contributed by atoms with Crippen molar-refractivity contribution in [1.82, 2.24) is 9.97 Å². The molecule has 0 saturated heterocycles. The molecule has 0 saturated carbocycles. The Labute approximate surface area is 181 Å². The van der Waals surface area contributed by atoms with Gasteiger partial charge in [-0.1, -0.05) is 23.5 Å². The van der Waals surface area contributed by atoms with E-state index in [0.29, 0.717) is 17.4 Å². The maximum Gasteiger partial charge on any atom is 0.270 e. The van der Waals surface area contributed by atoms with E-state index in [9.17, 15) is 14.9 Å². The third-order valence-electron chi connectivity index (χ3n) is 4.49. The number of thiazole rings is 1. The molecular formula is C22H18N4O4S. The summed E-state index contributed by atoms with van der Waals surface area (Å²) in [4.78, 5) is 34.5. The Bertz CT molecular complexity index is 1240. The van der Waals surface area contributed by atoms with Crippen LogP contribution in [0.15, 0.2) is 66.9 Å². The highest BCUT2D eigenvalue weighted by Crippen LogP contribution is 2.33. The highest BCUT2D eigenvalue weighted by atomic mass is 32.1. The normalized spacial score (nSPS) is 10.7. The van der Waals surface area contributed by atoms with E-state index in [1.165, 1.54) is 34.4 Å². The largest absolute Gasteiger partial charge is 0.494 e. The number of pyridine rings is 1. The van der Waals surface area contributed by atoms with Crippen LogP contribution in [0.2, 0.25) is 0 Å². The first-order valence-corrected chi connectivity index (χ1v) is 10.4. The van der Waals surface area contributed by atoms with Crippen LogP contribution in [0.25, 0.3) is 10.2 Å². The van der Waals surface area contributed by atoms with Crippen LogP contribution in [-0.4, -0.2) is 27.4 Å². The number of nitrogens with zero attached hydrogens (tertiary/aromatic N) is 4. The second-order valence-electron chi connectivity index (χ2n) is 6.58. The lowest BCUT2D eigenvalue weighted by Gasteiger charge is -2.19. The fourth-order valence-corrected chi connectivity index (χ4v) is 4.04. The van der Waals surface area contributed by atoms with Gasteiger partial charge in [0, 0.05) is 23.9 Å². The lowest BCUT2D eigenvalue weighted by molar-refractivity contribution is -0.384. The summed E-state index contributed by atoms with van der Waals surface area (Å²) in [6, 6.07) is 16.7. The molecule has 2 aromatic carbocycles. The maximum atomic E-state index is 13.4. The average molecular weight is 434 g/mol. The summed E-state index contributed by atoms with van der Waals surface area (Å²) < 4.78 is 6.43. The fourth-order valence-electron chi connectivity index (χ4n) is 3.05. The van der Waals surface area contributed by atoms with Crippen molar-refractivity contribution < 1.29 is 14.5 Å². The molecule has 4 rings (SSSR count). The molecule has 0 aliphatic rings. The number of hydrogen-bond donors (Lipinski definition) is 0. The van der Waals surface area contributed by atoms with Crippen molar-refractivity contribution >= 4 is 38.3 Å². The van der Waals surface area contributed by atoms with E-state index in [0.717, 1.165) is 16.0 Å². The number of non-ortho nitro benzene ring substituents is 1. The number of ether oxygens (including phenoxy) is 1. The number of anilines is 1. The molecular weight excluding hydrogens is 416 g/mol. The van der Waals surface area contributed by atoms with Crippen molar-refractivity contribution in [2.45, 2.75) is 13.5 Å². The number of hydrogen-bond acceptors (Lipinski definition) is 7. The average Bonchev–Trinajstić information content (AvgIpc) is 3.21. The molecule has 0 aliphatic carbocycles. The Morgan fingerprint density at radius 2 is 2.03 bits per heavy atom. The summed E-state index contributed by atoms with van der Waals surface area (Å²) in [5, 5.41) is 11.6. The summed E-state index contributed by atoms with van der Waals surface area (Å²) in [6.45, 7) is 2.64. The number of benzene rings is 2. The fraction of sp³-hybridized carbons (Fsp3) is 0.136. The Hall–Kier alpha value is -3.85. The van der Waals surface area contributed by atoms with Gasteiger partial charge in [-0.2, -0.15) is 0 Å². The standard InChI is InChI=1S/C22H18N4O4S/c1-2-30-18-9-10-19-20(13-18)31-22(24-19)25(14-16-7-3-4-11-23-16)21(27)15-6-5-8-17(12-15)26(28)29/h3-13H,2,14H2,1H3. The third kappa shape index (κ3) is 4.51. The van der Waals surface area contributed by atoms with Gasteiger partial charge in [0.05, 0.1) is 34.0 Å². The van der Waals surface area contributed by atoms with E-state index in [2.05, 4.69) is 9.97 Å². The van der Waals surface area contributed by atoms with Gasteiger partial charge in [-0.3, -0.25) is 24.8 Å². The number of fused-ring (bicyclic) bond motifs is 1. The minimum Gasteiger partial charge on any atom is -0.494 e. The van der Waals surface area contributed by atoms with Crippen LogP contribution in [-0.2, 0) is 6.54 Å². The first-order valence-electron chi connectivity index (χ1n) is 9.55. The number of nitro benzene ring substituents is 1. The maximum absolute atomic E-state index is 13.4. The van der Waals surface area contributed by atoms with Crippen molar-refractivity contribution in [3.63, 3.8) is 0 Å². The molecule has 0 radical (unpaired) electrons. The van der Waals surface area contributed by atoms with Crippen molar-refractivity contribution in [3.05, 3.63) is 88.2 Å². The van der Waals surface area contributed by atoms with Gasteiger partial charge in [-0.15, -0.1) is 0 Å². The lowest BCUT2D eigenvalue weighted by atomic mass is 10.1. The van der Waals surface area contributed by atoms with Gasteiger partial charge in [0.2, 0.25) is 0 Å². The van der Waals surface area contributed by atoms with Crippen LogP contribution in [0.5, 0.6) is 5.75 Å². The van der Waals surface area contributed by atoms with E-state index in [4.69, 9.17) is 4.74 Å². The number of nitro groups is 1. The smallest absolute Gasteiger partial charge is 0.270 e. The zero-order valence-electron chi connectivity index (χ0n) is 16.6. The van der Waals surface area contributed by atoms with Gasteiger partial charge in [-0.25, -0.2) is 4.98 Å². The van der Waals surface area contributed by atoms with E-state index < -0.39 is 10.8 Å². The molecule has 9 heteroatoms. The minimum atomic E-state index is -0.521. The SMILES string of the molecule is CCOc1ccc2nc(N(Cc3ccccn3)C(=O)c3cccc([N+](=O)[O-])c3)sc2c1. The van der Waals surface area contributed by atoms with Crippen molar-refractivity contribution in [3.8, 4) is 5.75 Å². The van der Waals surface area contributed by atoms with Gasteiger partial charge < -0.3 is 4.74 Å². The van der Waals surface area contributed by atoms with Crippen LogP contribution in [0.3, 0.4) is 0 Å². The molecule has 31 heavy (non-hydrogen) atoms. The topological polar surface area (TPSA) is 98.5 Å². The van der Waals surface area contributed by atoms with E-state index >= 15 is 0 Å². The molecule has 0 bridgehead atoms. The molecule has 0 spiro atoms. The molecule has 8 nitrogen and oxygen atoms in total. The zero-order valence-corrected chi connectivity index (χ0v) is 17.4. The summed E-state index contributed by atoms with van der Waals surface area (Å²) in [6.07, 6.45) is 1.65. The summed E-state index contributed by atoms with van der Waals surface area (Å²) in [7, 11) is 0. The predicted molar refractivity (Wildman–Crippen MR) is 119 cm³/mol. The third-order valence-corrected chi connectivity index (χ3v) is 5.53. The monoisotopic (exact) mass is 434 g/mol. The highest BCUT2D eigenvalue weighted by Gasteiger charge is 2.23. The number of amides is 1. The number of carbonyl (C=O) groups is 1.